The molecule has 2 N–H and O–H groups in total. The van der Waals surface area contributed by atoms with Crippen molar-refractivity contribution in [2.45, 2.75) is 40.3 Å². The third kappa shape index (κ3) is 7.03. The number of likely N-dealkylation sites (N-methyl/N-ethyl adjacent to an activating group) is 1. The van der Waals surface area contributed by atoms with E-state index in [1.54, 1.807) is 0 Å². The number of hydrogen-bond acceptors (Lipinski definition) is 4. The average Bonchev–Trinajstić information content (AvgIpc) is 2.65. The van der Waals surface area contributed by atoms with Gasteiger partial charge in [-0.05, 0) is 46.4 Å². The molecule has 6 heteroatoms. The minimum atomic E-state index is 0.487. The van der Waals surface area contributed by atoms with Gasteiger partial charge in [-0.1, -0.05) is 12.1 Å². The highest BCUT2D eigenvalue weighted by Crippen LogP contribution is 2.21. The molecule has 1 unspecified atom stereocenters. The predicted molar refractivity (Wildman–Crippen MR) is 114 cm³/mol. The van der Waals surface area contributed by atoms with E-state index in [-0.39, 0.29) is 0 Å². The molecule has 1 aliphatic rings. The average molecular weight is 376 g/mol. The molecule has 1 aromatic carbocycles. The van der Waals surface area contributed by atoms with Gasteiger partial charge in [-0.15, -0.1) is 0 Å². The van der Waals surface area contributed by atoms with Gasteiger partial charge in [-0.3, -0.25) is 4.90 Å². The number of guanidine groups is 1. The van der Waals surface area contributed by atoms with Crippen LogP contribution in [0.4, 0.5) is 0 Å². The van der Waals surface area contributed by atoms with Gasteiger partial charge in [0.25, 0.3) is 0 Å². The third-order valence-corrected chi connectivity index (χ3v) is 5.00. The Morgan fingerprint density at radius 1 is 1.19 bits per heavy atom. The minimum Gasteiger partial charge on any atom is -0.494 e. The second-order valence-electron chi connectivity index (χ2n) is 7.31. The first-order valence-electron chi connectivity index (χ1n) is 10.2. The van der Waals surface area contributed by atoms with Crippen LogP contribution in [0.5, 0.6) is 5.75 Å². The van der Waals surface area contributed by atoms with Gasteiger partial charge >= 0.3 is 0 Å². The summed E-state index contributed by atoms with van der Waals surface area (Å²) >= 11 is 0. The van der Waals surface area contributed by atoms with Gasteiger partial charge in [-0.25, -0.2) is 4.99 Å². The SMILES string of the molecule is CCNC(=NCc1ccc(C)cc1OCC)NCC(C)N1CCN(C)CC1. The van der Waals surface area contributed by atoms with Crippen molar-refractivity contribution in [2.24, 2.45) is 4.99 Å². The smallest absolute Gasteiger partial charge is 0.191 e. The van der Waals surface area contributed by atoms with E-state index in [2.05, 4.69) is 66.5 Å². The predicted octanol–water partition coefficient (Wildman–Crippen LogP) is 2.08. The lowest BCUT2D eigenvalue weighted by Crippen LogP contribution is -2.52. The van der Waals surface area contributed by atoms with Crippen LogP contribution in [0.1, 0.15) is 31.9 Å². The van der Waals surface area contributed by atoms with Crippen LogP contribution >= 0.6 is 0 Å². The molecule has 0 aromatic heterocycles. The van der Waals surface area contributed by atoms with Crippen LogP contribution in [0.2, 0.25) is 0 Å². The number of benzene rings is 1. The Hall–Kier alpha value is -1.79. The molecule has 1 heterocycles. The Kier molecular flexibility index (Phi) is 8.88. The number of piperazine rings is 1. The van der Waals surface area contributed by atoms with E-state index in [0.717, 1.165) is 56.5 Å². The molecule has 27 heavy (non-hydrogen) atoms. The van der Waals surface area contributed by atoms with Crippen molar-refractivity contribution in [3.8, 4) is 5.75 Å². The van der Waals surface area contributed by atoms with Crippen LogP contribution in [0.25, 0.3) is 0 Å². The fourth-order valence-electron chi connectivity index (χ4n) is 3.22. The maximum Gasteiger partial charge on any atom is 0.191 e. The van der Waals surface area contributed by atoms with Gasteiger partial charge in [0, 0.05) is 50.9 Å². The topological polar surface area (TPSA) is 52.1 Å². The summed E-state index contributed by atoms with van der Waals surface area (Å²) < 4.78 is 5.78. The first-order chi connectivity index (χ1) is 13.0. The van der Waals surface area contributed by atoms with Crippen LogP contribution in [0.3, 0.4) is 0 Å². The number of hydrogen-bond donors (Lipinski definition) is 2. The minimum absolute atomic E-state index is 0.487. The van der Waals surface area contributed by atoms with Gasteiger partial charge < -0.3 is 20.3 Å². The summed E-state index contributed by atoms with van der Waals surface area (Å²) in [5.74, 6) is 1.80. The highest BCUT2D eigenvalue weighted by Gasteiger charge is 2.19. The van der Waals surface area contributed by atoms with E-state index in [1.165, 1.54) is 5.56 Å². The summed E-state index contributed by atoms with van der Waals surface area (Å²) in [6, 6.07) is 6.80. The summed E-state index contributed by atoms with van der Waals surface area (Å²) in [5, 5.41) is 6.86. The van der Waals surface area contributed by atoms with E-state index in [0.29, 0.717) is 19.2 Å². The molecule has 0 bridgehead atoms. The van der Waals surface area contributed by atoms with Crippen molar-refractivity contribution >= 4 is 5.96 Å². The van der Waals surface area contributed by atoms with Crippen LogP contribution in [-0.2, 0) is 6.54 Å². The summed E-state index contributed by atoms with van der Waals surface area (Å²) in [6.45, 7) is 16.0. The van der Waals surface area contributed by atoms with Crippen molar-refractivity contribution in [3.05, 3.63) is 29.3 Å². The molecule has 0 spiro atoms. The van der Waals surface area contributed by atoms with Crippen molar-refractivity contribution in [2.75, 3.05) is 52.9 Å². The molecule has 1 aliphatic heterocycles. The van der Waals surface area contributed by atoms with Crippen LogP contribution in [0.15, 0.2) is 23.2 Å². The lowest BCUT2D eigenvalue weighted by atomic mass is 10.1. The highest BCUT2D eigenvalue weighted by atomic mass is 16.5. The van der Waals surface area contributed by atoms with Crippen molar-refractivity contribution in [3.63, 3.8) is 0 Å². The van der Waals surface area contributed by atoms with E-state index >= 15 is 0 Å². The Labute approximate surface area is 165 Å². The molecule has 0 radical (unpaired) electrons. The lowest BCUT2D eigenvalue weighted by Gasteiger charge is -2.36. The monoisotopic (exact) mass is 375 g/mol. The van der Waals surface area contributed by atoms with Gasteiger partial charge in [-0.2, -0.15) is 0 Å². The number of nitrogens with zero attached hydrogens (tertiary/aromatic N) is 3. The summed E-state index contributed by atoms with van der Waals surface area (Å²) in [5.41, 5.74) is 2.32. The number of aliphatic imine (C=N–C) groups is 1. The largest absolute Gasteiger partial charge is 0.494 e. The Bertz CT molecular complexity index is 596. The zero-order chi connectivity index (χ0) is 19.6. The molecular formula is C21H37N5O. The van der Waals surface area contributed by atoms with Crippen LogP contribution < -0.4 is 15.4 Å². The maximum atomic E-state index is 5.78. The normalized spacial score (nSPS) is 17.6. The second kappa shape index (κ2) is 11.1. The molecule has 1 saturated heterocycles. The van der Waals surface area contributed by atoms with E-state index in [4.69, 9.17) is 9.73 Å². The summed E-state index contributed by atoms with van der Waals surface area (Å²) in [6.07, 6.45) is 0. The van der Waals surface area contributed by atoms with Gasteiger partial charge in [0.2, 0.25) is 0 Å². The fraction of sp³-hybridized carbons (Fsp3) is 0.667. The van der Waals surface area contributed by atoms with E-state index in [1.807, 2.05) is 6.92 Å². The zero-order valence-corrected chi connectivity index (χ0v) is 17.7. The highest BCUT2D eigenvalue weighted by molar-refractivity contribution is 5.79. The first-order valence-corrected chi connectivity index (χ1v) is 10.2. The zero-order valence-electron chi connectivity index (χ0n) is 17.7. The molecule has 0 aliphatic carbocycles. The molecule has 0 amide bonds. The van der Waals surface area contributed by atoms with Crippen molar-refractivity contribution in [1.82, 2.24) is 20.4 Å². The Morgan fingerprint density at radius 2 is 1.93 bits per heavy atom. The quantitative estimate of drug-likeness (QED) is 0.538. The van der Waals surface area contributed by atoms with Crippen molar-refractivity contribution in [1.29, 1.82) is 0 Å². The fourth-order valence-corrected chi connectivity index (χ4v) is 3.22. The second-order valence-corrected chi connectivity index (χ2v) is 7.31. The van der Waals surface area contributed by atoms with Gasteiger partial charge in [0.1, 0.15) is 5.75 Å². The third-order valence-electron chi connectivity index (χ3n) is 5.00. The molecule has 2 rings (SSSR count). The maximum absolute atomic E-state index is 5.78. The molecule has 1 aromatic rings. The van der Waals surface area contributed by atoms with Crippen molar-refractivity contribution < 1.29 is 4.74 Å². The molecular weight excluding hydrogens is 338 g/mol. The van der Waals surface area contributed by atoms with Crippen LogP contribution in [0, 0.1) is 6.92 Å². The lowest BCUT2D eigenvalue weighted by molar-refractivity contribution is 0.120. The van der Waals surface area contributed by atoms with E-state index < -0.39 is 0 Å². The summed E-state index contributed by atoms with van der Waals surface area (Å²) in [7, 11) is 2.19. The number of nitrogens with one attached hydrogen (secondary N) is 2. The van der Waals surface area contributed by atoms with Crippen LogP contribution in [-0.4, -0.2) is 74.7 Å². The van der Waals surface area contributed by atoms with E-state index in [9.17, 15) is 0 Å². The molecule has 1 fully saturated rings. The number of rotatable bonds is 8. The first kappa shape index (κ1) is 21.5. The standard InChI is InChI=1S/C21H37N5O/c1-6-22-21(23-15-18(4)26-12-10-25(5)11-13-26)24-16-19-9-8-17(3)14-20(19)27-7-2/h8-9,14,18H,6-7,10-13,15-16H2,1-5H3,(H2,22,23,24). The Balaban J connectivity index is 1.94. The molecule has 1 atom stereocenters. The van der Waals surface area contributed by atoms with Gasteiger partial charge in [0.15, 0.2) is 5.96 Å². The number of aryl methyl sites for hydroxylation is 1. The molecule has 0 saturated carbocycles. The Morgan fingerprint density at radius 3 is 2.59 bits per heavy atom. The number of ether oxygens (including phenoxy) is 1. The molecule has 6 nitrogen and oxygen atoms in total. The molecule has 152 valence electrons. The summed E-state index contributed by atoms with van der Waals surface area (Å²) in [4.78, 5) is 9.71. The van der Waals surface area contributed by atoms with Gasteiger partial charge in [0.05, 0.1) is 13.2 Å².